The number of nitrogens with zero attached hydrogens (tertiary/aromatic N) is 3. The van der Waals surface area contributed by atoms with Crippen LogP contribution in [0.25, 0.3) is 0 Å². The summed E-state index contributed by atoms with van der Waals surface area (Å²) in [6, 6.07) is 8.33. The number of rotatable bonds is 4. The molecule has 4 rings (SSSR count). The van der Waals surface area contributed by atoms with Gasteiger partial charge < -0.3 is 15.5 Å². The number of halogens is 1. The molecule has 1 fully saturated rings. The first kappa shape index (κ1) is 19.4. The Hall–Kier alpha value is -2.87. The summed E-state index contributed by atoms with van der Waals surface area (Å²) in [6.45, 7) is 1.99. The van der Waals surface area contributed by atoms with Crippen molar-refractivity contribution in [2.24, 2.45) is 0 Å². The number of aromatic nitrogens is 2. The van der Waals surface area contributed by atoms with Gasteiger partial charge in [-0.3, -0.25) is 19.1 Å². The lowest BCUT2D eigenvalue weighted by atomic mass is 10.1. The Kier molecular flexibility index (Phi) is 5.53. The van der Waals surface area contributed by atoms with Crippen molar-refractivity contribution in [2.45, 2.75) is 38.4 Å². The number of carbonyl (C=O) groups excluding carboxylic acids is 3. The van der Waals surface area contributed by atoms with Gasteiger partial charge in [0.25, 0.3) is 11.8 Å². The van der Waals surface area contributed by atoms with Gasteiger partial charge in [0.1, 0.15) is 11.7 Å². The summed E-state index contributed by atoms with van der Waals surface area (Å²) in [5.41, 5.74) is 1.37. The summed E-state index contributed by atoms with van der Waals surface area (Å²) in [5, 5.41) is 10.4. The third kappa shape index (κ3) is 4.12. The van der Waals surface area contributed by atoms with Gasteiger partial charge in [-0.15, -0.1) is 0 Å². The van der Waals surface area contributed by atoms with Gasteiger partial charge >= 0.3 is 0 Å². The van der Waals surface area contributed by atoms with Crippen molar-refractivity contribution < 1.29 is 14.4 Å². The van der Waals surface area contributed by atoms with E-state index in [4.69, 9.17) is 11.6 Å². The van der Waals surface area contributed by atoms with Crippen LogP contribution in [0.1, 0.15) is 45.8 Å². The van der Waals surface area contributed by atoms with Gasteiger partial charge in [0.15, 0.2) is 5.69 Å². The van der Waals surface area contributed by atoms with Crippen molar-refractivity contribution in [3.63, 3.8) is 0 Å². The molecule has 0 bridgehead atoms. The molecule has 2 aromatic rings. The highest BCUT2D eigenvalue weighted by atomic mass is 35.5. The highest BCUT2D eigenvalue weighted by Crippen LogP contribution is 2.21. The van der Waals surface area contributed by atoms with Crippen LogP contribution in [-0.4, -0.2) is 51.5 Å². The standard InChI is InChI=1S/C20H22ClN5O3/c21-14-6-2-1-5-13(14)12-25-9-10-26-17(20(25)29)11-16(24-26)19(28)23-15-7-3-4-8-22-18(15)27/h1-2,5-6,11,15H,3-4,7-10,12H2,(H,22,27)(H,23,28). The smallest absolute Gasteiger partial charge is 0.272 e. The molecule has 152 valence electrons. The highest BCUT2D eigenvalue weighted by Gasteiger charge is 2.30. The first-order valence-electron chi connectivity index (χ1n) is 9.72. The van der Waals surface area contributed by atoms with Crippen molar-refractivity contribution >= 4 is 29.3 Å². The maximum atomic E-state index is 12.9. The summed E-state index contributed by atoms with van der Waals surface area (Å²) in [7, 11) is 0. The molecular formula is C20H22ClN5O3. The molecule has 3 heterocycles. The highest BCUT2D eigenvalue weighted by molar-refractivity contribution is 6.31. The van der Waals surface area contributed by atoms with Crippen molar-refractivity contribution in [3.05, 3.63) is 52.3 Å². The van der Waals surface area contributed by atoms with Crippen LogP contribution < -0.4 is 10.6 Å². The van der Waals surface area contributed by atoms with Gasteiger partial charge in [-0.25, -0.2) is 0 Å². The lowest BCUT2D eigenvalue weighted by molar-refractivity contribution is -0.122. The van der Waals surface area contributed by atoms with E-state index in [9.17, 15) is 14.4 Å². The number of fused-ring (bicyclic) bond motifs is 1. The molecule has 29 heavy (non-hydrogen) atoms. The minimum Gasteiger partial charge on any atom is -0.354 e. The topological polar surface area (TPSA) is 96.3 Å². The number of hydrogen-bond donors (Lipinski definition) is 2. The molecule has 3 amide bonds. The maximum Gasteiger partial charge on any atom is 0.272 e. The van der Waals surface area contributed by atoms with E-state index in [0.29, 0.717) is 43.3 Å². The fourth-order valence-corrected chi connectivity index (χ4v) is 3.84. The Labute approximate surface area is 173 Å². The number of nitrogens with one attached hydrogen (secondary N) is 2. The van der Waals surface area contributed by atoms with Crippen molar-refractivity contribution in [2.75, 3.05) is 13.1 Å². The van der Waals surface area contributed by atoms with Gasteiger partial charge in [-0.05, 0) is 30.9 Å². The van der Waals surface area contributed by atoms with Crippen LogP contribution in [0.5, 0.6) is 0 Å². The number of hydrogen-bond acceptors (Lipinski definition) is 4. The molecule has 0 spiro atoms. The number of amides is 3. The molecule has 2 aliphatic heterocycles. The van der Waals surface area contributed by atoms with Gasteiger partial charge in [0, 0.05) is 30.7 Å². The Morgan fingerprint density at radius 3 is 2.90 bits per heavy atom. The Balaban J connectivity index is 1.47. The minimum absolute atomic E-state index is 0.144. The predicted molar refractivity (Wildman–Crippen MR) is 107 cm³/mol. The van der Waals surface area contributed by atoms with Gasteiger partial charge in [-0.2, -0.15) is 5.10 Å². The molecule has 9 heteroatoms. The SMILES string of the molecule is O=C(NC1CCCCNC1=O)c1cc2n(n1)CCN(Cc1ccccc1Cl)C2=O. The molecule has 2 N–H and O–H groups in total. The first-order chi connectivity index (χ1) is 14.0. The van der Waals surface area contributed by atoms with Crippen molar-refractivity contribution in [1.29, 1.82) is 0 Å². The molecule has 1 saturated heterocycles. The average Bonchev–Trinajstić information content (AvgIpc) is 3.06. The molecule has 1 atom stereocenters. The van der Waals surface area contributed by atoms with Gasteiger partial charge in [-0.1, -0.05) is 29.8 Å². The third-order valence-corrected chi connectivity index (χ3v) is 5.63. The van der Waals surface area contributed by atoms with Crippen molar-refractivity contribution in [1.82, 2.24) is 25.3 Å². The van der Waals surface area contributed by atoms with Crippen LogP contribution in [-0.2, 0) is 17.9 Å². The monoisotopic (exact) mass is 415 g/mol. The zero-order chi connectivity index (χ0) is 20.4. The Morgan fingerprint density at radius 1 is 1.24 bits per heavy atom. The van der Waals surface area contributed by atoms with Gasteiger partial charge in [0.05, 0.1) is 6.54 Å². The lowest BCUT2D eigenvalue weighted by Gasteiger charge is -2.27. The summed E-state index contributed by atoms with van der Waals surface area (Å²) < 4.78 is 1.55. The second kappa shape index (κ2) is 8.24. The van der Waals surface area contributed by atoms with Crippen LogP contribution >= 0.6 is 11.6 Å². The Morgan fingerprint density at radius 2 is 2.07 bits per heavy atom. The van der Waals surface area contributed by atoms with E-state index in [1.54, 1.807) is 15.6 Å². The molecule has 0 saturated carbocycles. The summed E-state index contributed by atoms with van der Waals surface area (Å²) in [5.74, 6) is -0.823. The average molecular weight is 416 g/mol. The molecule has 0 aliphatic carbocycles. The maximum absolute atomic E-state index is 12.9. The summed E-state index contributed by atoms with van der Waals surface area (Å²) in [6.07, 6.45) is 2.35. The second-order valence-corrected chi connectivity index (χ2v) is 7.68. The zero-order valence-electron chi connectivity index (χ0n) is 15.9. The minimum atomic E-state index is -0.573. The number of carbonyl (C=O) groups is 3. The van der Waals surface area contributed by atoms with Crippen molar-refractivity contribution in [3.8, 4) is 0 Å². The van der Waals surface area contributed by atoms with Crippen LogP contribution in [0.4, 0.5) is 0 Å². The van der Waals surface area contributed by atoms with E-state index >= 15 is 0 Å². The van der Waals surface area contributed by atoms with Crippen LogP contribution in [0.15, 0.2) is 30.3 Å². The Bertz CT molecular complexity index is 957. The fraction of sp³-hybridized carbons (Fsp3) is 0.400. The van der Waals surface area contributed by atoms with Gasteiger partial charge in [0.2, 0.25) is 5.91 Å². The fourth-order valence-electron chi connectivity index (χ4n) is 3.64. The summed E-state index contributed by atoms with van der Waals surface area (Å²) in [4.78, 5) is 39.2. The van der Waals surface area contributed by atoms with E-state index in [1.807, 2.05) is 18.2 Å². The van der Waals surface area contributed by atoms with E-state index in [2.05, 4.69) is 15.7 Å². The molecule has 1 aromatic heterocycles. The lowest BCUT2D eigenvalue weighted by Crippen LogP contribution is -2.45. The molecular weight excluding hydrogens is 394 g/mol. The molecule has 8 nitrogen and oxygen atoms in total. The normalized spacial score (nSPS) is 19.3. The van der Waals surface area contributed by atoms with E-state index in [0.717, 1.165) is 18.4 Å². The molecule has 1 unspecified atom stereocenters. The van der Waals surface area contributed by atoms with E-state index < -0.39 is 11.9 Å². The van der Waals surface area contributed by atoms with Crippen LogP contribution in [0.3, 0.4) is 0 Å². The van der Waals surface area contributed by atoms with Crippen LogP contribution in [0.2, 0.25) is 5.02 Å². The van der Waals surface area contributed by atoms with E-state index in [-0.39, 0.29) is 17.5 Å². The molecule has 1 aromatic carbocycles. The predicted octanol–water partition coefficient (Wildman–Crippen LogP) is 1.59. The zero-order valence-corrected chi connectivity index (χ0v) is 16.6. The second-order valence-electron chi connectivity index (χ2n) is 7.27. The molecule has 0 radical (unpaired) electrons. The first-order valence-corrected chi connectivity index (χ1v) is 10.1. The third-order valence-electron chi connectivity index (χ3n) is 5.26. The van der Waals surface area contributed by atoms with E-state index in [1.165, 1.54) is 6.07 Å². The summed E-state index contributed by atoms with van der Waals surface area (Å²) >= 11 is 6.21. The molecule has 2 aliphatic rings. The largest absolute Gasteiger partial charge is 0.354 e. The van der Waals surface area contributed by atoms with Crippen LogP contribution in [0, 0.1) is 0 Å². The quantitative estimate of drug-likeness (QED) is 0.792. The number of benzene rings is 1.